The Balaban J connectivity index is 1.95. The Labute approximate surface area is 148 Å². The van der Waals surface area contributed by atoms with Gasteiger partial charge in [0.05, 0.1) is 4.92 Å². The smallest absolute Gasteiger partial charge is 0.325 e. The first kappa shape index (κ1) is 18.8. The van der Waals surface area contributed by atoms with Crippen LogP contribution in [-0.2, 0) is 4.79 Å². The number of carbonyl (C=O) groups excluding carboxylic acids is 2. The average Bonchev–Trinajstić information content (AvgIpc) is 2.57. The van der Waals surface area contributed by atoms with Crippen molar-refractivity contribution in [3.63, 3.8) is 0 Å². The summed E-state index contributed by atoms with van der Waals surface area (Å²) >= 11 is 0. The van der Waals surface area contributed by atoms with E-state index >= 15 is 0 Å². The Morgan fingerprint density at radius 1 is 1.23 bits per heavy atom. The SMILES string of the molecule is Cc1cccc(NC(=O)NC(=O)COc2cc(F)ccc2[N+](=O)[O-])c1C. The van der Waals surface area contributed by atoms with Crippen LogP contribution in [0.4, 0.5) is 20.6 Å². The summed E-state index contributed by atoms with van der Waals surface area (Å²) in [6.07, 6.45) is 0. The molecule has 0 fully saturated rings. The topological polar surface area (TPSA) is 111 Å². The quantitative estimate of drug-likeness (QED) is 0.628. The van der Waals surface area contributed by atoms with Crippen LogP contribution < -0.4 is 15.4 Å². The second kappa shape index (κ2) is 8.06. The Bertz CT molecular complexity index is 869. The molecule has 2 aromatic carbocycles. The minimum Gasteiger partial charge on any atom is -0.477 e. The van der Waals surface area contributed by atoms with Gasteiger partial charge in [-0.3, -0.25) is 20.2 Å². The molecule has 3 amide bonds. The number of hydrogen-bond acceptors (Lipinski definition) is 5. The highest BCUT2D eigenvalue weighted by molar-refractivity contribution is 6.02. The molecule has 0 bridgehead atoms. The van der Waals surface area contributed by atoms with Crippen molar-refractivity contribution in [3.05, 3.63) is 63.5 Å². The minimum absolute atomic E-state index is 0.403. The van der Waals surface area contributed by atoms with Crippen molar-refractivity contribution < 1.29 is 23.6 Å². The van der Waals surface area contributed by atoms with Gasteiger partial charge in [0.1, 0.15) is 5.82 Å². The summed E-state index contributed by atoms with van der Waals surface area (Å²) in [6.45, 7) is 3.01. The lowest BCUT2D eigenvalue weighted by atomic mass is 10.1. The van der Waals surface area contributed by atoms with Gasteiger partial charge in [0, 0.05) is 17.8 Å². The van der Waals surface area contributed by atoms with E-state index in [4.69, 9.17) is 4.74 Å². The standard InChI is InChI=1S/C17H16FN3O5/c1-10-4-3-5-13(11(10)2)19-17(23)20-16(22)9-26-15-8-12(18)6-7-14(15)21(24)25/h3-8H,9H2,1-2H3,(H2,19,20,22,23). The molecule has 0 aromatic heterocycles. The molecule has 9 heteroatoms. The van der Waals surface area contributed by atoms with E-state index in [1.807, 2.05) is 25.2 Å². The first-order valence-electron chi connectivity index (χ1n) is 7.51. The highest BCUT2D eigenvalue weighted by Gasteiger charge is 2.18. The molecule has 2 aromatic rings. The molecule has 0 atom stereocenters. The van der Waals surface area contributed by atoms with Gasteiger partial charge in [0.2, 0.25) is 5.75 Å². The van der Waals surface area contributed by atoms with Gasteiger partial charge in [-0.15, -0.1) is 0 Å². The predicted molar refractivity (Wildman–Crippen MR) is 91.6 cm³/mol. The fourth-order valence-electron chi connectivity index (χ4n) is 2.10. The molecular weight excluding hydrogens is 345 g/mol. The van der Waals surface area contributed by atoms with Crippen LogP contribution in [-0.4, -0.2) is 23.5 Å². The molecule has 0 unspecified atom stereocenters. The summed E-state index contributed by atoms with van der Waals surface area (Å²) < 4.78 is 18.2. The van der Waals surface area contributed by atoms with Gasteiger partial charge in [-0.05, 0) is 37.1 Å². The lowest BCUT2D eigenvalue weighted by molar-refractivity contribution is -0.385. The zero-order valence-electron chi connectivity index (χ0n) is 14.0. The number of halogens is 1. The lowest BCUT2D eigenvalue weighted by Gasteiger charge is -2.11. The van der Waals surface area contributed by atoms with Gasteiger partial charge in [0.25, 0.3) is 5.91 Å². The zero-order chi connectivity index (χ0) is 19.3. The number of anilines is 1. The summed E-state index contributed by atoms with van der Waals surface area (Å²) in [5.41, 5.74) is 1.87. The molecule has 2 rings (SSSR count). The number of aryl methyl sites for hydroxylation is 1. The number of imide groups is 1. The molecule has 2 N–H and O–H groups in total. The summed E-state index contributed by atoms with van der Waals surface area (Å²) in [7, 11) is 0. The average molecular weight is 361 g/mol. The van der Waals surface area contributed by atoms with Crippen molar-refractivity contribution in [2.24, 2.45) is 0 Å². The molecule has 0 aliphatic rings. The maximum absolute atomic E-state index is 13.2. The number of amides is 3. The number of rotatable bonds is 5. The molecule has 0 saturated carbocycles. The first-order valence-corrected chi connectivity index (χ1v) is 7.51. The number of benzene rings is 2. The van der Waals surface area contributed by atoms with Crippen LogP contribution >= 0.6 is 0 Å². The van der Waals surface area contributed by atoms with Crippen LogP contribution in [0.1, 0.15) is 11.1 Å². The van der Waals surface area contributed by atoms with Gasteiger partial charge in [-0.1, -0.05) is 12.1 Å². The van der Waals surface area contributed by atoms with Crippen molar-refractivity contribution >= 4 is 23.3 Å². The van der Waals surface area contributed by atoms with E-state index in [1.165, 1.54) is 0 Å². The zero-order valence-corrected chi connectivity index (χ0v) is 14.0. The Morgan fingerprint density at radius 3 is 2.65 bits per heavy atom. The highest BCUT2D eigenvalue weighted by atomic mass is 19.1. The molecule has 8 nitrogen and oxygen atoms in total. The fourth-order valence-corrected chi connectivity index (χ4v) is 2.10. The van der Waals surface area contributed by atoms with Crippen LogP contribution in [0.5, 0.6) is 5.75 Å². The van der Waals surface area contributed by atoms with Crippen LogP contribution in [0.15, 0.2) is 36.4 Å². The number of nitro groups is 1. The second-order valence-corrected chi connectivity index (χ2v) is 5.41. The number of nitrogens with one attached hydrogen (secondary N) is 2. The second-order valence-electron chi connectivity index (χ2n) is 5.41. The van der Waals surface area contributed by atoms with E-state index in [2.05, 4.69) is 5.32 Å². The number of carbonyl (C=O) groups is 2. The fraction of sp³-hybridized carbons (Fsp3) is 0.176. The van der Waals surface area contributed by atoms with Crippen molar-refractivity contribution in [2.75, 3.05) is 11.9 Å². The molecule has 0 saturated heterocycles. The Morgan fingerprint density at radius 2 is 1.96 bits per heavy atom. The van der Waals surface area contributed by atoms with Crippen molar-refractivity contribution in [1.82, 2.24) is 5.32 Å². The molecule has 0 aliphatic heterocycles. The normalized spacial score (nSPS) is 10.1. The van der Waals surface area contributed by atoms with Gasteiger partial charge < -0.3 is 10.1 Å². The van der Waals surface area contributed by atoms with Gasteiger partial charge in [0.15, 0.2) is 6.61 Å². The van der Waals surface area contributed by atoms with Crippen molar-refractivity contribution in [3.8, 4) is 5.75 Å². The van der Waals surface area contributed by atoms with E-state index in [9.17, 15) is 24.1 Å². The molecular formula is C17H16FN3O5. The molecule has 0 heterocycles. The molecule has 0 radical (unpaired) electrons. The van der Waals surface area contributed by atoms with E-state index < -0.39 is 40.7 Å². The minimum atomic E-state index is -0.841. The third-order valence-corrected chi connectivity index (χ3v) is 3.58. The third kappa shape index (κ3) is 4.76. The summed E-state index contributed by atoms with van der Waals surface area (Å²) in [6, 6.07) is 7.16. The van der Waals surface area contributed by atoms with E-state index in [0.29, 0.717) is 5.69 Å². The molecule has 0 aliphatic carbocycles. The highest BCUT2D eigenvalue weighted by Crippen LogP contribution is 2.27. The van der Waals surface area contributed by atoms with Gasteiger partial charge in [-0.25, -0.2) is 9.18 Å². The largest absolute Gasteiger partial charge is 0.477 e. The monoisotopic (exact) mass is 361 g/mol. The summed E-state index contributed by atoms with van der Waals surface area (Å²) in [5.74, 6) is -2.00. The van der Waals surface area contributed by atoms with Crippen LogP contribution in [0.25, 0.3) is 0 Å². The predicted octanol–water partition coefficient (Wildman–Crippen LogP) is 3.08. The molecule has 0 spiro atoms. The first-order chi connectivity index (χ1) is 12.3. The molecule has 26 heavy (non-hydrogen) atoms. The van der Waals surface area contributed by atoms with Crippen LogP contribution in [0.3, 0.4) is 0 Å². The molecule has 136 valence electrons. The Hall–Kier alpha value is -3.49. The number of urea groups is 1. The van der Waals surface area contributed by atoms with Gasteiger partial charge in [-0.2, -0.15) is 0 Å². The number of hydrogen-bond donors (Lipinski definition) is 2. The third-order valence-electron chi connectivity index (χ3n) is 3.58. The number of nitrogens with zero attached hydrogens (tertiary/aromatic N) is 1. The van der Waals surface area contributed by atoms with E-state index in [0.717, 1.165) is 29.3 Å². The number of nitro benzene ring substituents is 1. The lowest BCUT2D eigenvalue weighted by Crippen LogP contribution is -2.37. The van der Waals surface area contributed by atoms with Crippen molar-refractivity contribution in [1.29, 1.82) is 0 Å². The van der Waals surface area contributed by atoms with Gasteiger partial charge >= 0.3 is 11.7 Å². The maximum atomic E-state index is 13.2. The van der Waals surface area contributed by atoms with Crippen LogP contribution in [0, 0.1) is 29.8 Å². The summed E-state index contributed by atoms with van der Waals surface area (Å²) in [5, 5.41) is 15.4. The maximum Gasteiger partial charge on any atom is 0.325 e. The number of ether oxygens (including phenoxy) is 1. The summed E-state index contributed by atoms with van der Waals surface area (Å²) in [4.78, 5) is 33.7. The van der Waals surface area contributed by atoms with Crippen molar-refractivity contribution in [2.45, 2.75) is 13.8 Å². The van der Waals surface area contributed by atoms with E-state index in [1.54, 1.807) is 12.1 Å². The van der Waals surface area contributed by atoms with E-state index in [-0.39, 0.29) is 0 Å². The Kier molecular flexibility index (Phi) is 5.84. The van der Waals surface area contributed by atoms with Crippen LogP contribution in [0.2, 0.25) is 0 Å².